The lowest BCUT2D eigenvalue weighted by Gasteiger charge is -2.36. The summed E-state index contributed by atoms with van der Waals surface area (Å²) in [4.78, 5) is 31.2. The van der Waals surface area contributed by atoms with Gasteiger partial charge in [-0.1, -0.05) is 62.9 Å². The number of benzene rings is 2. The first-order valence-corrected chi connectivity index (χ1v) is 15.7. The molecular formula is C34H45ClN4O3. The van der Waals surface area contributed by atoms with Crippen LogP contribution in [-0.4, -0.2) is 52.0 Å². The van der Waals surface area contributed by atoms with Crippen LogP contribution < -0.4 is 10.1 Å². The number of urea groups is 1. The number of hydrogen-bond donors (Lipinski definition) is 1. The minimum Gasteiger partial charge on any atom is -0.494 e. The van der Waals surface area contributed by atoms with E-state index in [4.69, 9.17) is 16.3 Å². The zero-order valence-corrected chi connectivity index (χ0v) is 26.0. The van der Waals surface area contributed by atoms with Crippen LogP contribution in [0.3, 0.4) is 0 Å². The second kappa shape index (κ2) is 15.7. The molecule has 0 atom stereocenters. The van der Waals surface area contributed by atoms with E-state index in [1.165, 1.54) is 6.42 Å². The van der Waals surface area contributed by atoms with E-state index in [9.17, 15) is 9.59 Å². The third-order valence-electron chi connectivity index (χ3n) is 7.90. The van der Waals surface area contributed by atoms with Crippen molar-refractivity contribution in [3.05, 3.63) is 83.1 Å². The van der Waals surface area contributed by atoms with Crippen LogP contribution >= 0.6 is 11.6 Å². The third kappa shape index (κ3) is 9.02. The van der Waals surface area contributed by atoms with Crippen LogP contribution in [-0.2, 0) is 17.9 Å². The van der Waals surface area contributed by atoms with Crippen molar-refractivity contribution in [1.82, 2.24) is 14.4 Å². The van der Waals surface area contributed by atoms with Gasteiger partial charge < -0.3 is 24.4 Å². The first kappa shape index (κ1) is 31.5. The normalized spacial score (nSPS) is 13.6. The Morgan fingerprint density at radius 3 is 2.45 bits per heavy atom. The summed E-state index contributed by atoms with van der Waals surface area (Å²) in [5.74, 6) is 1.14. The Morgan fingerprint density at radius 1 is 1.02 bits per heavy atom. The first-order valence-electron chi connectivity index (χ1n) is 15.3. The fourth-order valence-electron chi connectivity index (χ4n) is 5.47. The Bertz CT molecular complexity index is 1280. The molecule has 226 valence electrons. The molecule has 0 bridgehead atoms. The van der Waals surface area contributed by atoms with Crippen LogP contribution in [0.15, 0.2) is 66.9 Å². The van der Waals surface area contributed by atoms with Gasteiger partial charge in [-0.3, -0.25) is 4.79 Å². The molecule has 1 heterocycles. The summed E-state index contributed by atoms with van der Waals surface area (Å²) in [6.07, 6.45) is 8.26. The topological polar surface area (TPSA) is 66.8 Å². The highest BCUT2D eigenvalue weighted by atomic mass is 35.5. The molecule has 1 aliphatic carbocycles. The average Bonchev–Trinajstić information content (AvgIpc) is 3.43. The minimum absolute atomic E-state index is 0.0157. The van der Waals surface area contributed by atoms with E-state index < -0.39 is 0 Å². The number of nitrogens with zero attached hydrogens (tertiary/aromatic N) is 3. The van der Waals surface area contributed by atoms with Crippen molar-refractivity contribution in [1.29, 1.82) is 0 Å². The van der Waals surface area contributed by atoms with Crippen molar-refractivity contribution in [2.75, 3.05) is 25.0 Å². The number of nitrogens with one attached hydrogen (secondary N) is 1. The standard InChI is InChI=1S/C34H45ClN4O3/c1-4-42-31-18-16-28(17-19-31)36-34(41)38(22-20-26(2)3)25-33(40)39(29-12-6-5-7-13-29)24-30-14-10-21-37(30)23-27-11-8-9-15-32(27)35/h8-11,14-19,21,26,29H,4-7,12-13,20,22-25H2,1-3H3,(H,36,41). The average molecular weight is 593 g/mol. The summed E-state index contributed by atoms with van der Waals surface area (Å²) >= 11 is 6.46. The van der Waals surface area contributed by atoms with Gasteiger partial charge >= 0.3 is 6.03 Å². The third-order valence-corrected chi connectivity index (χ3v) is 8.27. The van der Waals surface area contributed by atoms with E-state index in [1.807, 2.05) is 72.6 Å². The summed E-state index contributed by atoms with van der Waals surface area (Å²) in [5.41, 5.74) is 2.77. The van der Waals surface area contributed by atoms with Crippen molar-refractivity contribution in [2.24, 2.45) is 5.92 Å². The molecule has 0 unspecified atom stereocenters. The maximum atomic E-state index is 14.1. The zero-order chi connectivity index (χ0) is 29.9. The van der Waals surface area contributed by atoms with Crippen LogP contribution in [0.5, 0.6) is 5.75 Å². The fraction of sp³-hybridized carbons (Fsp3) is 0.471. The molecule has 1 aliphatic rings. The van der Waals surface area contributed by atoms with Gasteiger partial charge in [0.1, 0.15) is 12.3 Å². The minimum atomic E-state index is -0.265. The number of amides is 3. The Kier molecular flexibility index (Phi) is 11.8. The molecule has 1 N–H and O–H groups in total. The monoisotopic (exact) mass is 592 g/mol. The van der Waals surface area contributed by atoms with E-state index in [0.717, 1.165) is 54.1 Å². The Hall–Kier alpha value is -3.45. The molecule has 1 aromatic heterocycles. The Labute approximate surface area is 255 Å². The van der Waals surface area contributed by atoms with E-state index in [2.05, 4.69) is 29.8 Å². The van der Waals surface area contributed by atoms with Crippen LogP contribution in [0, 0.1) is 5.92 Å². The SMILES string of the molecule is CCOc1ccc(NC(=O)N(CCC(C)C)CC(=O)N(Cc2cccn2Cc2ccccc2Cl)C2CCCCC2)cc1. The summed E-state index contributed by atoms with van der Waals surface area (Å²) in [6.45, 7) is 8.47. The molecular weight excluding hydrogens is 548 g/mol. The first-order chi connectivity index (χ1) is 20.3. The van der Waals surface area contributed by atoms with Gasteiger partial charge in [-0.15, -0.1) is 0 Å². The molecule has 0 spiro atoms. The van der Waals surface area contributed by atoms with Gasteiger partial charge in [-0.25, -0.2) is 4.79 Å². The highest BCUT2D eigenvalue weighted by Gasteiger charge is 2.29. The second-order valence-corrected chi connectivity index (χ2v) is 11.9. The van der Waals surface area contributed by atoms with E-state index in [0.29, 0.717) is 37.8 Å². The molecule has 3 aromatic rings. The van der Waals surface area contributed by atoms with Crippen molar-refractivity contribution in [3.8, 4) is 5.75 Å². The molecule has 1 saturated carbocycles. The second-order valence-electron chi connectivity index (χ2n) is 11.5. The molecule has 42 heavy (non-hydrogen) atoms. The predicted octanol–water partition coefficient (Wildman–Crippen LogP) is 7.83. The summed E-state index contributed by atoms with van der Waals surface area (Å²) in [5, 5.41) is 3.72. The molecule has 7 nitrogen and oxygen atoms in total. The number of hydrogen-bond acceptors (Lipinski definition) is 3. The Balaban J connectivity index is 1.51. The van der Waals surface area contributed by atoms with E-state index >= 15 is 0 Å². The van der Waals surface area contributed by atoms with Crippen LogP contribution in [0.4, 0.5) is 10.5 Å². The van der Waals surface area contributed by atoms with Gasteiger partial charge in [0.25, 0.3) is 0 Å². The lowest BCUT2D eigenvalue weighted by Crippen LogP contribution is -2.48. The van der Waals surface area contributed by atoms with E-state index in [-0.39, 0.29) is 24.5 Å². The highest BCUT2D eigenvalue weighted by molar-refractivity contribution is 6.31. The Morgan fingerprint density at radius 2 is 1.76 bits per heavy atom. The number of carbonyl (C=O) groups excluding carboxylic acids is 2. The molecule has 8 heteroatoms. The number of ether oxygens (including phenoxy) is 1. The maximum Gasteiger partial charge on any atom is 0.322 e. The number of halogens is 1. The summed E-state index contributed by atoms with van der Waals surface area (Å²) < 4.78 is 7.69. The molecule has 2 aromatic carbocycles. The number of anilines is 1. The van der Waals surface area contributed by atoms with Gasteiger partial charge in [0, 0.05) is 41.7 Å². The quantitative estimate of drug-likeness (QED) is 0.220. The molecule has 1 fully saturated rings. The van der Waals surface area contributed by atoms with Crippen LogP contribution in [0.1, 0.15) is 70.6 Å². The molecule has 0 aliphatic heterocycles. The highest BCUT2D eigenvalue weighted by Crippen LogP contribution is 2.26. The maximum absolute atomic E-state index is 14.1. The van der Waals surface area contributed by atoms with Crippen LogP contribution in [0.25, 0.3) is 0 Å². The summed E-state index contributed by atoms with van der Waals surface area (Å²) in [7, 11) is 0. The lowest BCUT2D eigenvalue weighted by atomic mass is 9.94. The zero-order valence-electron chi connectivity index (χ0n) is 25.2. The van der Waals surface area contributed by atoms with Gasteiger partial charge in [-0.05, 0) is 80.1 Å². The molecule has 3 amide bonds. The van der Waals surface area contributed by atoms with Crippen molar-refractivity contribution >= 4 is 29.2 Å². The van der Waals surface area contributed by atoms with Crippen LogP contribution in [0.2, 0.25) is 5.02 Å². The number of rotatable bonds is 13. The van der Waals surface area contributed by atoms with Gasteiger partial charge in [0.2, 0.25) is 5.91 Å². The van der Waals surface area contributed by atoms with Gasteiger partial charge in [0.15, 0.2) is 0 Å². The van der Waals surface area contributed by atoms with Crippen molar-refractivity contribution in [2.45, 2.75) is 78.4 Å². The fourth-order valence-corrected chi connectivity index (χ4v) is 5.67. The van der Waals surface area contributed by atoms with E-state index in [1.54, 1.807) is 4.90 Å². The number of aromatic nitrogens is 1. The predicted molar refractivity (Wildman–Crippen MR) is 170 cm³/mol. The van der Waals surface area contributed by atoms with Gasteiger partial charge in [-0.2, -0.15) is 0 Å². The molecule has 0 radical (unpaired) electrons. The van der Waals surface area contributed by atoms with Crippen molar-refractivity contribution < 1.29 is 14.3 Å². The van der Waals surface area contributed by atoms with Crippen molar-refractivity contribution in [3.63, 3.8) is 0 Å². The summed E-state index contributed by atoms with van der Waals surface area (Å²) in [6, 6.07) is 19.2. The smallest absolute Gasteiger partial charge is 0.322 e. The largest absolute Gasteiger partial charge is 0.494 e. The molecule has 0 saturated heterocycles. The lowest BCUT2D eigenvalue weighted by molar-refractivity contribution is -0.135. The number of carbonyl (C=O) groups is 2. The molecule has 4 rings (SSSR count). The van der Waals surface area contributed by atoms with Gasteiger partial charge in [0.05, 0.1) is 13.2 Å².